The van der Waals surface area contributed by atoms with E-state index in [4.69, 9.17) is 11.6 Å². The molecule has 1 heterocycles. The minimum Gasteiger partial charge on any atom is -0.293 e. The maximum atomic E-state index is 12.1. The van der Waals surface area contributed by atoms with E-state index in [9.17, 15) is 4.79 Å². The summed E-state index contributed by atoms with van der Waals surface area (Å²) in [6.07, 6.45) is 1.30. The van der Waals surface area contributed by atoms with E-state index >= 15 is 0 Å². The number of halogens is 2. The fourth-order valence-corrected chi connectivity index (χ4v) is 4.09. The maximum absolute atomic E-state index is 12.1. The molecule has 5 heteroatoms. The molecule has 1 aliphatic carbocycles. The summed E-state index contributed by atoms with van der Waals surface area (Å²) in [5.74, 6) is 0.317. The summed E-state index contributed by atoms with van der Waals surface area (Å²) in [4.78, 5) is 17.3. The molecule has 2 nitrogen and oxygen atoms in total. The number of hydrogen-bond donors (Lipinski definition) is 0. The molecule has 0 saturated carbocycles. The van der Waals surface area contributed by atoms with E-state index in [0.29, 0.717) is 6.42 Å². The number of carbonyl (C=O) groups excluding carboxylic acids is 1. The van der Waals surface area contributed by atoms with E-state index in [1.54, 1.807) is 0 Å². The van der Waals surface area contributed by atoms with Crippen LogP contribution < -0.4 is 0 Å². The van der Waals surface area contributed by atoms with Crippen molar-refractivity contribution in [3.05, 3.63) is 49.3 Å². The van der Waals surface area contributed by atoms with Crippen LogP contribution in [0, 0.1) is 0 Å². The summed E-state index contributed by atoms with van der Waals surface area (Å²) in [6.45, 7) is 0. The molecule has 0 unspecified atom stereocenters. The van der Waals surface area contributed by atoms with E-state index in [-0.39, 0.29) is 11.7 Å². The molecule has 1 aromatic carbocycles. The number of aromatic nitrogens is 1. The Balaban J connectivity index is 1.99. The third-order valence-corrected chi connectivity index (χ3v) is 5.08. The standard InChI is InChI=1S/C13H9BrClNOS/c14-13-16-10-5-7(6-11(17)12(10)18-13)8-3-1-2-4-9(8)15/h1-4,7H,5-6H2/t7-/m0/s1. The monoisotopic (exact) mass is 341 g/mol. The van der Waals surface area contributed by atoms with Crippen LogP contribution in [0.5, 0.6) is 0 Å². The summed E-state index contributed by atoms with van der Waals surface area (Å²) in [6, 6.07) is 7.72. The van der Waals surface area contributed by atoms with Crippen LogP contribution in [-0.2, 0) is 6.42 Å². The summed E-state index contributed by atoms with van der Waals surface area (Å²) < 4.78 is 0.778. The summed E-state index contributed by atoms with van der Waals surface area (Å²) in [7, 11) is 0. The predicted molar refractivity (Wildman–Crippen MR) is 76.7 cm³/mol. The lowest BCUT2D eigenvalue weighted by Gasteiger charge is -2.21. The lowest BCUT2D eigenvalue weighted by Crippen LogP contribution is -2.17. The molecule has 0 bridgehead atoms. The van der Waals surface area contributed by atoms with Crippen LogP contribution in [0.4, 0.5) is 0 Å². The molecule has 1 aromatic heterocycles. The van der Waals surface area contributed by atoms with Crippen LogP contribution in [0.3, 0.4) is 0 Å². The third kappa shape index (κ3) is 2.13. The molecule has 0 aliphatic heterocycles. The summed E-state index contributed by atoms with van der Waals surface area (Å²) >= 11 is 11.0. The smallest absolute Gasteiger partial charge is 0.175 e. The van der Waals surface area contributed by atoms with Gasteiger partial charge in [-0.25, -0.2) is 4.98 Å². The van der Waals surface area contributed by atoms with Crippen molar-refractivity contribution in [2.24, 2.45) is 0 Å². The first-order valence-corrected chi connectivity index (χ1v) is 7.56. The Morgan fingerprint density at radius 1 is 1.33 bits per heavy atom. The highest BCUT2D eigenvalue weighted by Gasteiger charge is 2.30. The average molecular weight is 343 g/mol. The minimum atomic E-state index is 0.146. The normalized spacial score (nSPS) is 18.8. The summed E-state index contributed by atoms with van der Waals surface area (Å²) in [5, 5.41) is 0.730. The van der Waals surface area contributed by atoms with Crippen molar-refractivity contribution in [2.75, 3.05) is 0 Å². The number of benzene rings is 1. The molecule has 2 aromatic rings. The van der Waals surface area contributed by atoms with Gasteiger partial charge < -0.3 is 0 Å². The number of hydrogen-bond acceptors (Lipinski definition) is 3. The fraction of sp³-hybridized carbons (Fsp3) is 0.231. The van der Waals surface area contributed by atoms with Crippen LogP contribution in [-0.4, -0.2) is 10.8 Å². The molecule has 1 aliphatic rings. The van der Waals surface area contributed by atoms with Crippen molar-refractivity contribution in [3.8, 4) is 0 Å². The molecular formula is C13H9BrClNOS. The first-order valence-electron chi connectivity index (χ1n) is 5.58. The second-order valence-corrected chi connectivity index (χ2v) is 6.97. The molecule has 92 valence electrons. The van der Waals surface area contributed by atoms with Crippen LogP contribution >= 0.6 is 38.9 Å². The highest BCUT2D eigenvalue weighted by Crippen LogP contribution is 2.38. The van der Waals surface area contributed by atoms with Gasteiger partial charge in [0.05, 0.1) is 10.6 Å². The number of fused-ring (bicyclic) bond motifs is 1. The van der Waals surface area contributed by atoms with Gasteiger partial charge in [0.2, 0.25) is 0 Å². The Morgan fingerprint density at radius 3 is 2.89 bits per heavy atom. The topological polar surface area (TPSA) is 30.0 Å². The number of ketones is 1. The molecule has 0 amide bonds. The van der Waals surface area contributed by atoms with Gasteiger partial charge in [-0.05, 0) is 39.9 Å². The van der Waals surface area contributed by atoms with Gasteiger partial charge in [-0.1, -0.05) is 29.8 Å². The van der Waals surface area contributed by atoms with E-state index in [1.165, 1.54) is 11.3 Å². The maximum Gasteiger partial charge on any atom is 0.175 e. The van der Waals surface area contributed by atoms with Gasteiger partial charge in [-0.3, -0.25) is 4.79 Å². The lowest BCUT2D eigenvalue weighted by atomic mass is 9.84. The SMILES string of the molecule is O=C1C[C@@H](c2ccccc2Cl)Cc2nc(Br)sc21. The molecule has 3 rings (SSSR count). The minimum absolute atomic E-state index is 0.146. The highest BCUT2D eigenvalue weighted by atomic mass is 79.9. The first kappa shape index (κ1) is 12.3. The number of thiazole rings is 1. The van der Waals surface area contributed by atoms with E-state index in [0.717, 1.165) is 31.5 Å². The van der Waals surface area contributed by atoms with Gasteiger partial charge in [0.1, 0.15) is 0 Å². The average Bonchev–Trinajstić information content (AvgIpc) is 2.71. The molecule has 0 spiro atoms. The Bertz CT molecular complexity index is 625. The molecule has 1 atom stereocenters. The summed E-state index contributed by atoms with van der Waals surface area (Å²) in [5.41, 5.74) is 1.94. The Labute approximate surface area is 122 Å². The molecule has 0 fully saturated rings. The van der Waals surface area contributed by atoms with Crippen molar-refractivity contribution in [3.63, 3.8) is 0 Å². The van der Waals surface area contributed by atoms with Crippen molar-refractivity contribution in [2.45, 2.75) is 18.8 Å². The highest BCUT2D eigenvalue weighted by molar-refractivity contribution is 9.11. The van der Waals surface area contributed by atoms with E-state index < -0.39 is 0 Å². The second kappa shape index (κ2) is 4.76. The number of carbonyl (C=O) groups is 1. The Kier molecular flexibility index (Phi) is 3.26. The Morgan fingerprint density at radius 2 is 2.11 bits per heavy atom. The number of rotatable bonds is 1. The van der Waals surface area contributed by atoms with Crippen molar-refractivity contribution < 1.29 is 4.79 Å². The molecule has 0 saturated heterocycles. The van der Waals surface area contributed by atoms with Crippen LogP contribution in [0.2, 0.25) is 5.02 Å². The van der Waals surface area contributed by atoms with E-state index in [2.05, 4.69) is 20.9 Å². The lowest BCUT2D eigenvalue weighted by molar-refractivity contribution is 0.0968. The van der Waals surface area contributed by atoms with Crippen LogP contribution in [0.15, 0.2) is 28.2 Å². The van der Waals surface area contributed by atoms with Gasteiger partial charge in [0, 0.05) is 11.4 Å². The van der Waals surface area contributed by atoms with Crippen LogP contribution in [0.25, 0.3) is 0 Å². The van der Waals surface area contributed by atoms with Crippen LogP contribution in [0.1, 0.15) is 33.3 Å². The zero-order valence-corrected chi connectivity index (χ0v) is 12.5. The van der Waals surface area contributed by atoms with Crippen molar-refractivity contribution >= 4 is 44.7 Å². The van der Waals surface area contributed by atoms with Gasteiger partial charge in [-0.15, -0.1) is 11.3 Å². The predicted octanol–water partition coefficient (Wildman–Crippen LogP) is 4.47. The molecular weight excluding hydrogens is 334 g/mol. The second-order valence-electron chi connectivity index (χ2n) is 4.29. The van der Waals surface area contributed by atoms with Gasteiger partial charge in [0.25, 0.3) is 0 Å². The molecule has 0 N–H and O–H groups in total. The molecule has 0 radical (unpaired) electrons. The van der Waals surface area contributed by atoms with E-state index in [1.807, 2.05) is 24.3 Å². The first-order chi connectivity index (χ1) is 8.65. The van der Waals surface area contributed by atoms with Gasteiger partial charge >= 0.3 is 0 Å². The number of Topliss-reactive ketones (excluding diaryl/α,β-unsaturated/α-hetero) is 1. The number of nitrogens with zero attached hydrogens (tertiary/aromatic N) is 1. The largest absolute Gasteiger partial charge is 0.293 e. The quantitative estimate of drug-likeness (QED) is 0.765. The van der Waals surface area contributed by atoms with Crippen molar-refractivity contribution in [1.29, 1.82) is 0 Å². The fourth-order valence-electron chi connectivity index (χ4n) is 2.33. The van der Waals surface area contributed by atoms with Crippen molar-refractivity contribution in [1.82, 2.24) is 4.98 Å². The van der Waals surface area contributed by atoms with Gasteiger partial charge in [0.15, 0.2) is 9.70 Å². The Hall–Kier alpha value is -0.710. The van der Waals surface area contributed by atoms with Gasteiger partial charge in [-0.2, -0.15) is 0 Å². The zero-order valence-electron chi connectivity index (χ0n) is 9.32. The molecule has 18 heavy (non-hydrogen) atoms. The zero-order chi connectivity index (χ0) is 12.7. The third-order valence-electron chi connectivity index (χ3n) is 3.14.